The van der Waals surface area contributed by atoms with Crippen LogP contribution in [0.15, 0.2) is 53.0 Å². The first-order valence-electron chi connectivity index (χ1n) is 8.59. The molecule has 0 unspecified atom stereocenters. The molecular weight excluding hydrogens is 474 g/mol. The molecule has 0 aliphatic rings. The first-order chi connectivity index (χ1) is 14.4. The second kappa shape index (κ2) is 11.8. The van der Waals surface area contributed by atoms with Crippen LogP contribution < -0.4 is 30.4 Å². The number of methoxy groups -OCH3 is 2. The summed E-state index contributed by atoms with van der Waals surface area (Å²) in [6, 6.07) is 12.3. The van der Waals surface area contributed by atoms with Crippen LogP contribution in [0.2, 0.25) is 0 Å². The van der Waals surface area contributed by atoms with E-state index in [1.807, 2.05) is 0 Å². The Balaban J connectivity index is 1.74. The van der Waals surface area contributed by atoms with Crippen LogP contribution >= 0.6 is 28.1 Å². The summed E-state index contributed by atoms with van der Waals surface area (Å²) in [6.45, 7) is -0.218. The maximum Gasteiger partial charge on any atom is 0.276 e. The van der Waals surface area contributed by atoms with Crippen LogP contribution in [0, 0.1) is 0 Å². The fourth-order valence-corrected chi connectivity index (χ4v) is 2.57. The molecule has 3 N–H and O–H groups in total. The van der Waals surface area contributed by atoms with Gasteiger partial charge in [0.1, 0.15) is 5.75 Å². The number of halogens is 1. The van der Waals surface area contributed by atoms with Gasteiger partial charge < -0.3 is 14.2 Å². The van der Waals surface area contributed by atoms with Gasteiger partial charge in [-0.05, 0) is 60.3 Å². The maximum absolute atomic E-state index is 12.0. The van der Waals surface area contributed by atoms with Crippen molar-refractivity contribution in [1.29, 1.82) is 0 Å². The number of carbonyl (C=O) groups excluding carboxylic acids is 2. The molecule has 2 aromatic carbocycles. The first kappa shape index (κ1) is 23.2. The zero-order chi connectivity index (χ0) is 21.9. The van der Waals surface area contributed by atoms with E-state index in [0.29, 0.717) is 17.2 Å². The van der Waals surface area contributed by atoms with Crippen LogP contribution in [0.3, 0.4) is 0 Å². The Hall–Kier alpha value is -3.11. The molecule has 0 spiro atoms. The molecule has 0 bridgehead atoms. The minimum atomic E-state index is -0.470. The number of hydrogen-bond donors (Lipinski definition) is 3. The summed E-state index contributed by atoms with van der Waals surface area (Å²) in [5, 5.41) is 2.35. The normalized spacial score (nSPS) is 10.2. The summed E-state index contributed by atoms with van der Waals surface area (Å²) >= 11 is 8.28. The number of hydrogen-bond acceptors (Lipinski definition) is 6. The minimum Gasteiger partial charge on any atom is -0.493 e. The van der Waals surface area contributed by atoms with Gasteiger partial charge in [-0.1, -0.05) is 22.0 Å². The molecule has 0 atom stereocenters. The fraction of sp³-hybridized carbons (Fsp3) is 0.150. The first-order valence-corrected chi connectivity index (χ1v) is 9.79. The number of thiocarbonyl (C=S) groups is 1. The highest BCUT2D eigenvalue weighted by molar-refractivity contribution is 9.10. The van der Waals surface area contributed by atoms with Crippen LogP contribution in [-0.2, 0) is 9.59 Å². The quantitative estimate of drug-likeness (QED) is 0.309. The van der Waals surface area contributed by atoms with Gasteiger partial charge in [0, 0.05) is 10.5 Å². The number of benzene rings is 2. The van der Waals surface area contributed by atoms with Crippen molar-refractivity contribution in [3.8, 4) is 17.2 Å². The second-order valence-corrected chi connectivity index (χ2v) is 7.01. The standard InChI is InChI=1S/C20H20BrN3O5S/c1-27-16-9-3-13(11-17(16)28-2)4-10-18(25)22-20(30)24-23-19(26)12-29-15-7-5-14(21)6-8-15/h3-11H,12H2,1-2H3,(H,23,26)(H2,22,24,25,30)/b10-4+. The van der Waals surface area contributed by atoms with Crippen molar-refractivity contribution >= 4 is 51.2 Å². The van der Waals surface area contributed by atoms with E-state index in [4.69, 9.17) is 26.4 Å². The highest BCUT2D eigenvalue weighted by Crippen LogP contribution is 2.27. The molecule has 0 aliphatic carbocycles. The topological polar surface area (TPSA) is 97.9 Å². The van der Waals surface area contributed by atoms with Gasteiger partial charge >= 0.3 is 0 Å². The molecule has 0 fully saturated rings. The lowest BCUT2D eigenvalue weighted by molar-refractivity contribution is -0.123. The van der Waals surface area contributed by atoms with Crippen LogP contribution in [-0.4, -0.2) is 37.8 Å². The summed E-state index contributed by atoms with van der Waals surface area (Å²) in [7, 11) is 3.07. The molecule has 0 radical (unpaired) electrons. The number of carbonyl (C=O) groups is 2. The number of nitrogens with one attached hydrogen (secondary N) is 3. The largest absolute Gasteiger partial charge is 0.493 e. The van der Waals surface area contributed by atoms with Gasteiger partial charge in [0.2, 0.25) is 5.91 Å². The van der Waals surface area contributed by atoms with E-state index in [9.17, 15) is 9.59 Å². The van der Waals surface area contributed by atoms with Crippen LogP contribution in [0.4, 0.5) is 0 Å². The number of rotatable bonds is 7. The van der Waals surface area contributed by atoms with Gasteiger partial charge in [-0.2, -0.15) is 0 Å². The summed E-state index contributed by atoms with van der Waals surface area (Å²) in [6.07, 6.45) is 2.89. The van der Waals surface area contributed by atoms with Crippen molar-refractivity contribution in [3.05, 3.63) is 58.6 Å². The monoisotopic (exact) mass is 493 g/mol. The molecule has 2 amide bonds. The molecule has 0 heterocycles. The Labute approximate surface area is 187 Å². The molecule has 0 saturated heterocycles. The lowest BCUT2D eigenvalue weighted by Gasteiger charge is -2.10. The Morgan fingerprint density at radius 3 is 2.40 bits per heavy atom. The maximum atomic E-state index is 12.0. The van der Waals surface area contributed by atoms with E-state index in [1.165, 1.54) is 13.2 Å². The summed E-state index contributed by atoms with van der Waals surface area (Å²) in [5.74, 6) is 0.747. The summed E-state index contributed by atoms with van der Waals surface area (Å²) < 4.78 is 16.6. The third kappa shape index (κ3) is 7.72. The molecule has 8 nitrogen and oxygen atoms in total. The molecular formula is C20H20BrN3O5S. The third-order valence-electron chi connectivity index (χ3n) is 3.57. The Kier molecular flexibility index (Phi) is 9.10. The average molecular weight is 494 g/mol. The van der Waals surface area contributed by atoms with E-state index in [2.05, 4.69) is 32.1 Å². The van der Waals surface area contributed by atoms with E-state index in [-0.39, 0.29) is 11.7 Å². The lowest BCUT2D eigenvalue weighted by Crippen LogP contribution is -2.49. The number of hydrazine groups is 1. The van der Waals surface area contributed by atoms with Crippen molar-refractivity contribution < 1.29 is 23.8 Å². The Bertz CT molecular complexity index is 935. The van der Waals surface area contributed by atoms with Crippen molar-refractivity contribution in [1.82, 2.24) is 16.2 Å². The van der Waals surface area contributed by atoms with Gasteiger partial charge in [-0.15, -0.1) is 0 Å². The van der Waals surface area contributed by atoms with E-state index >= 15 is 0 Å². The van der Waals surface area contributed by atoms with Gasteiger partial charge in [0.15, 0.2) is 23.2 Å². The fourth-order valence-electron chi connectivity index (χ4n) is 2.16. The van der Waals surface area contributed by atoms with Crippen molar-refractivity contribution in [2.45, 2.75) is 0 Å². The van der Waals surface area contributed by atoms with E-state index in [0.717, 1.165) is 10.0 Å². The number of amides is 2. The number of ether oxygens (including phenoxy) is 3. The molecule has 0 saturated carbocycles. The highest BCUT2D eigenvalue weighted by atomic mass is 79.9. The SMILES string of the molecule is COc1ccc(/C=C/C(=O)NC(=S)NNC(=O)COc2ccc(Br)cc2)cc1OC. The summed E-state index contributed by atoms with van der Waals surface area (Å²) in [4.78, 5) is 23.7. The molecule has 30 heavy (non-hydrogen) atoms. The Morgan fingerprint density at radius 2 is 1.73 bits per heavy atom. The average Bonchev–Trinajstić information content (AvgIpc) is 2.75. The van der Waals surface area contributed by atoms with E-state index in [1.54, 1.807) is 55.7 Å². The van der Waals surface area contributed by atoms with Crippen molar-refractivity contribution in [3.63, 3.8) is 0 Å². The molecule has 2 aromatic rings. The molecule has 0 aromatic heterocycles. The minimum absolute atomic E-state index is 0.0612. The molecule has 158 valence electrons. The van der Waals surface area contributed by atoms with Gasteiger partial charge in [0.25, 0.3) is 5.91 Å². The third-order valence-corrected chi connectivity index (χ3v) is 4.30. The molecule has 2 rings (SSSR count). The Morgan fingerprint density at radius 1 is 1.03 bits per heavy atom. The predicted octanol–water partition coefficient (Wildman–Crippen LogP) is 2.58. The van der Waals surface area contributed by atoms with Crippen LogP contribution in [0.1, 0.15) is 5.56 Å². The molecule has 10 heteroatoms. The van der Waals surface area contributed by atoms with E-state index < -0.39 is 11.8 Å². The van der Waals surface area contributed by atoms with Gasteiger partial charge in [0.05, 0.1) is 14.2 Å². The highest BCUT2D eigenvalue weighted by Gasteiger charge is 2.06. The summed E-state index contributed by atoms with van der Waals surface area (Å²) in [5.41, 5.74) is 5.51. The second-order valence-electron chi connectivity index (χ2n) is 5.68. The smallest absolute Gasteiger partial charge is 0.276 e. The lowest BCUT2D eigenvalue weighted by atomic mass is 10.2. The van der Waals surface area contributed by atoms with Crippen molar-refractivity contribution in [2.75, 3.05) is 20.8 Å². The molecule has 0 aliphatic heterocycles. The van der Waals surface area contributed by atoms with Gasteiger partial charge in [-0.3, -0.25) is 25.8 Å². The zero-order valence-electron chi connectivity index (χ0n) is 16.2. The van der Waals surface area contributed by atoms with Crippen LogP contribution in [0.5, 0.6) is 17.2 Å². The van der Waals surface area contributed by atoms with Crippen molar-refractivity contribution in [2.24, 2.45) is 0 Å². The zero-order valence-corrected chi connectivity index (χ0v) is 18.6. The predicted molar refractivity (Wildman–Crippen MR) is 120 cm³/mol. The van der Waals surface area contributed by atoms with Gasteiger partial charge in [-0.25, -0.2) is 0 Å². The van der Waals surface area contributed by atoms with Crippen LogP contribution in [0.25, 0.3) is 6.08 Å².